The van der Waals surface area contributed by atoms with Crippen LogP contribution < -0.4 is 10.6 Å². The molecule has 35 heavy (non-hydrogen) atoms. The van der Waals surface area contributed by atoms with Gasteiger partial charge in [-0.15, -0.1) is 0 Å². The van der Waals surface area contributed by atoms with Gasteiger partial charge in [0, 0.05) is 55.7 Å². The molecule has 3 aliphatic rings. The topological polar surface area (TPSA) is 87.7 Å². The number of aromatic nitrogens is 2. The van der Waals surface area contributed by atoms with Crippen LogP contribution in [0.3, 0.4) is 0 Å². The maximum atomic E-state index is 14.1. The van der Waals surface area contributed by atoms with E-state index in [0.29, 0.717) is 31.7 Å². The highest BCUT2D eigenvalue weighted by molar-refractivity contribution is 5.94. The summed E-state index contributed by atoms with van der Waals surface area (Å²) in [4.78, 5) is 32.1. The number of amides is 2. The van der Waals surface area contributed by atoms with Crippen LogP contribution >= 0.6 is 0 Å². The molecule has 0 radical (unpaired) electrons. The molecule has 2 N–H and O–H groups in total. The van der Waals surface area contributed by atoms with Crippen molar-refractivity contribution in [2.45, 2.75) is 58.3 Å². The van der Waals surface area contributed by atoms with E-state index in [1.165, 1.54) is 21.7 Å². The summed E-state index contributed by atoms with van der Waals surface area (Å²) in [5, 5.41) is 4.58. The minimum atomic E-state index is -1.22. The lowest BCUT2D eigenvalue weighted by Crippen LogP contribution is -2.50. The Bertz CT molecular complexity index is 1120. The monoisotopic (exact) mass is 482 g/mol. The zero-order valence-corrected chi connectivity index (χ0v) is 20.7. The number of carbonyl (C=O) groups excluding carboxylic acids is 2. The Morgan fingerprint density at radius 3 is 2.60 bits per heavy atom. The summed E-state index contributed by atoms with van der Waals surface area (Å²) in [6.07, 6.45) is 1.74. The number of piperazine rings is 1. The molecule has 1 aromatic carbocycles. The van der Waals surface area contributed by atoms with Crippen LogP contribution in [0.1, 0.15) is 45.7 Å². The Kier molecular flexibility index (Phi) is 6.53. The van der Waals surface area contributed by atoms with E-state index in [2.05, 4.69) is 42.0 Å². The van der Waals surface area contributed by atoms with Gasteiger partial charge in [0.05, 0.1) is 6.54 Å². The van der Waals surface area contributed by atoms with Gasteiger partial charge in [-0.25, -0.2) is 4.39 Å². The molecule has 2 fully saturated rings. The zero-order chi connectivity index (χ0) is 24.7. The first kappa shape index (κ1) is 23.8. The normalized spacial score (nSPS) is 22.5. The number of likely N-dealkylation sites (tertiary alicyclic amines) is 1. The molecule has 2 atom stereocenters. The van der Waals surface area contributed by atoms with Crippen molar-refractivity contribution in [1.82, 2.24) is 19.6 Å². The number of nitrogens with zero attached hydrogens (tertiary/aromatic N) is 5. The van der Waals surface area contributed by atoms with Gasteiger partial charge < -0.3 is 20.4 Å². The van der Waals surface area contributed by atoms with E-state index in [9.17, 15) is 14.0 Å². The molecule has 2 aromatic rings. The summed E-state index contributed by atoms with van der Waals surface area (Å²) in [5.74, 6) is -0.222. The minimum Gasteiger partial charge on any atom is -0.368 e. The number of hydrogen-bond donors (Lipinski definition) is 1. The van der Waals surface area contributed by atoms with Crippen molar-refractivity contribution in [2.24, 2.45) is 5.73 Å². The van der Waals surface area contributed by atoms with Gasteiger partial charge in [0.15, 0.2) is 5.69 Å². The number of hydrogen-bond acceptors (Lipinski definition) is 5. The fourth-order valence-corrected chi connectivity index (χ4v) is 5.57. The summed E-state index contributed by atoms with van der Waals surface area (Å²) in [6.45, 7) is 7.74. The van der Waals surface area contributed by atoms with Crippen LogP contribution in [-0.2, 0) is 24.2 Å². The summed E-state index contributed by atoms with van der Waals surface area (Å²) in [5.41, 5.74) is 11.8. The van der Waals surface area contributed by atoms with Crippen molar-refractivity contribution in [3.8, 4) is 0 Å². The van der Waals surface area contributed by atoms with E-state index in [1.54, 1.807) is 4.68 Å². The van der Waals surface area contributed by atoms with Crippen molar-refractivity contribution < 1.29 is 14.0 Å². The Morgan fingerprint density at radius 1 is 1.09 bits per heavy atom. The summed E-state index contributed by atoms with van der Waals surface area (Å²) >= 11 is 0. The third-order valence-corrected chi connectivity index (χ3v) is 7.92. The Labute approximate surface area is 205 Å². The highest BCUT2D eigenvalue weighted by Gasteiger charge is 2.34. The second-order valence-corrected chi connectivity index (χ2v) is 10.1. The number of alkyl halides is 1. The average Bonchev–Trinajstić information content (AvgIpc) is 3.46. The quantitative estimate of drug-likeness (QED) is 0.719. The molecular formula is C26H35FN6O2. The van der Waals surface area contributed by atoms with Crippen LogP contribution in [0.25, 0.3) is 0 Å². The highest BCUT2D eigenvalue weighted by atomic mass is 19.1. The molecule has 2 saturated heterocycles. The standard InChI is InChI=1S/C26H35FN6O2/c1-17-5-3-7-22(18(17)2)30-11-13-31(14-12-30)24(34)16-33-23-8-4-6-19(23)25(29-33)26(35)32-10-9-21(28)20(27)15-32/h3,5,7,20-21H,4,6,8-16,28H2,1-2H3/t20-,21+/m0/s1. The Morgan fingerprint density at radius 2 is 1.86 bits per heavy atom. The molecule has 2 aliphatic heterocycles. The van der Waals surface area contributed by atoms with E-state index < -0.39 is 12.2 Å². The molecular weight excluding hydrogens is 447 g/mol. The van der Waals surface area contributed by atoms with Gasteiger partial charge >= 0.3 is 0 Å². The van der Waals surface area contributed by atoms with E-state index in [0.717, 1.165) is 43.6 Å². The van der Waals surface area contributed by atoms with Gasteiger partial charge in [-0.05, 0) is 56.7 Å². The summed E-state index contributed by atoms with van der Waals surface area (Å²) < 4.78 is 15.9. The van der Waals surface area contributed by atoms with Gasteiger partial charge in [0.1, 0.15) is 12.7 Å². The van der Waals surface area contributed by atoms with Crippen LogP contribution in [0.5, 0.6) is 0 Å². The summed E-state index contributed by atoms with van der Waals surface area (Å²) in [6, 6.07) is 5.83. The number of nitrogens with two attached hydrogens (primary N) is 1. The SMILES string of the molecule is Cc1cccc(N2CCN(C(=O)Cn3nc(C(=O)N4CC[C@@H](N)[C@@H](F)C4)c4c3CCC4)CC2)c1C. The predicted molar refractivity (Wildman–Crippen MR) is 132 cm³/mol. The van der Waals surface area contributed by atoms with Crippen LogP contribution in [0.2, 0.25) is 0 Å². The van der Waals surface area contributed by atoms with Gasteiger partial charge in [0.2, 0.25) is 5.91 Å². The maximum absolute atomic E-state index is 14.1. The fraction of sp³-hybridized carbons (Fsp3) is 0.577. The molecule has 1 aliphatic carbocycles. The largest absolute Gasteiger partial charge is 0.368 e. The third-order valence-electron chi connectivity index (χ3n) is 7.92. The average molecular weight is 483 g/mol. The molecule has 0 unspecified atom stereocenters. The van der Waals surface area contributed by atoms with Crippen molar-refractivity contribution >= 4 is 17.5 Å². The zero-order valence-electron chi connectivity index (χ0n) is 20.7. The van der Waals surface area contributed by atoms with Crippen LogP contribution in [0.4, 0.5) is 10.1 Å². The maximum Gasteiger partial charge on any atom is 0.274 e. The molecule has 3 heterocycles. The van der Waals surface area contributed by atoms with E-state index in [-0.39, 0.29) is 24.9 Å². The van der Waals surface area contributed by atoms with Gasteiger partial charge in [-0.2, -0.15) is 5.10 Å². The lowest BCUT2D eigenvalue weighted by atomic mass is 10.0. The molecule has 0 saturated carbocycles. The Balaban J connectivity index is 1.25. The van der Waals surface area contributed by atoms with Crippen LogP contribution in [0.15, 0.2) is 18.2 Å². The molecule has 1 aromatic heterocycles. The number of rotatable bonds is 4. The molecule has 0 spiro atoms. The molecule has 5 rings (SSSR count). The first-order valence-corrected chi connectivity index (χ1v) is 12.7. The van der Waals surface area contributed by atoms with E-state index in [1.807, 2.05) is 4.90 Å². The molecule has 2 amide bonds. The summed E-state index contributed by atoms with van der Waals surface area (Å²) in [7, 11) is 0. The molecule has 9 heteroatoms. The number of anilines is 1. The lowest BCUT2D eigenvalue weighted by Gasteiger charge is -2.37. The molecule has 8 nitrogen and oxygen atoms in total. The highest BCUT2D eigenvalue weighted by Crippen LogP contribution is 2.28. The van der Waals surface area contributed by atoms with E-state index in [4.69, 9.17) is 5.73 Å². The lowest BCUT2D eigenvalue weighted by molar-refractivity contribution is -0.132. The van der Waals surface area contributed by atoms with Gasteiger partial charge in [0.25, 0.3) is 5.91 Å². The van der Waals surface area contributed by atoms with Crippen LogP contribution in [0, 0.1) is 13.8 Å². The number of aryl methyl sites for hydroxylation is 1. The van der Waals surface area contributed by atoms with Crippen molar-refractivity contribution in [3.05, 3.63) is 46.3 Å². The third kappa shape index (κ3) is 4.53. The molecule has 188 valence electrons. The number of benzene rings is 1. The first-order valence-electron chi connectivity index (χ1n) is 12.7. The van der Waals surface area contributed by atoms with Crippen LogP contribution in [-0.4, -0.2) is 82.9 Å². The predicted octanol–water partition coefficient (Wildman–Crippen LogP) is 1.85. The second kappa shape index (κ2) is 9.60. The fourth-order valence-electron chi connectivity index (χ4n) is 5.57. The number of piperidine rings is 1. The van der Waals surface area contributed by atoms with Crippen molar-refractivity contribution in [2.75, 3.05) is 44.2 Å². The van der Waals surface area contributed by atoms with Gasteiger partial charge in [-0.3, -0.25) is 14.3 Å². The van der Waals surface area contributed by atoms with Crippen molar-refractivity contribution in [3.63, 3.8) is 0 Å². The number of carbonyl (C=O) groups is 2. The smallest absolute Gasteiger partial charge is 0.274 e. The number of fused-ring (bicyclic) bond motifs is 1. The minimum absolute atomic E-state index is 0.00521. The van der Waals surface area contributed by atoms with E-state index >= 15 is 0 Å². The molecule has 0 bridgehead atoms. The second-order valence-electron chi connectivity index (χ2n) is 10.1. The van der Waals surface area contributed by atoms with Crippen molar-refractivity contribution in [1.29, 1.82) is 0 Å². The number of halogens is 1. The first-order chi connectivity index (χ1) is 16.8. The van der Waals surface area contributed by atoms with Gasteiger partial charge in [-0.1, -0.05) is 12.1 Å². The Hall–Kier alpha value is -2.94.